The van der Waals surface area contributed by atoms with Gasteiger partial charge in [-0.15, -0.1) is 0 Å². The van der Waals surface area contributed by atoms with Crippen LogP contribution in [0.1, 0.15) is 28.9 Å². The summed E-state index contributed by atoms with van der Waals surface area (Å²) in [5.74, 6) is -0.483. The van der Waals surface area contributed by atoms with Gasteiger partial charge in [0.15, 0.2) is 0 Å². The molecule has 0 aliphatic carbocycles. The van der Waals surface area contributed by atoms with E-state index >= 15 is 0 Å². The molecule has 0 bridgehead atoms. The molecule has 8 heteroatoms. The first-order chi connectivity index (χ1) is 14.5. The number of halogens is 1. The fourth-order valence-corrected chi connectivity index (χ4v) is 4.17. The van der Waals surface area contributed by atoms with Crippen LogP contribution < -0.4 is 5.32 Å². The number of nitrogens with zero attached hydrogens (tertiary/aromatic N) is 3. The molecule has 154 valence electrons. The Hall–Kier alpha value is -3.00. The summed E-state index contributed by atoms with van der Waals surface area (Å²) in [7, 11) is 0. The van der Waals surface area contributed by atoms with Crippen LogP contribution in [0.4, 0.5) is 5.69 Å². The molecule has 2 aromatic heterocycles. The van der Waals surface area contributed by atoms with E-state index in [1.807, 2.05) is 43.3 Å². The topological polar surface area (TPSA) is 91.0 Å². The van der Waals surface area contributed by atoms with Gasteiger partial charge in [-0.3, -0.25) is 19.7 Å². The quantitative estimate of drug-likeness (QED) is 0.605. The van der Waals surface area contributed by atoms with Crippen LogP contribution in [0.25, 0.3) is 11.4 Å². The molecule has 2 N–H and O–H groups in total. The molecule has 1 fully saturated rings. The Balaban J connectivity index is 1.43. The van der Waals surface area contributed by atoms with Gasteiger partial charge in [-0.1, -0.05) is 12.1 Å². The Morgan fingerprint density at radius 3 is 2.83 bits per heavy atom. The summed E-state index contributed by atoms with van der Waals surface area (Å²) in [5, 5.41) is 10.00. The third-order valence-electron chi connectivity index (χ3n) is 5.20. The highest BCUT2D eigenvalue weighted by molar-refractivity contribution is 9.10. The third-order valence-corrected chi connectivity index (χ3v) is 5.85. The van der Waals surface area contributed by atoms with Crippen molar-refractivity contribution in [2.24, 2.45) is 5.92 Å². The van der Waals surface area contributed by atoms with E-state index in [9.17, 15) is 9.59 Å². The number of hydrogen-bond acceptors (Lipinski definition) is 4. The molecule has 7 nitrogen and oxygen atoms in total. The molecule has 1 aromatic carbocycles. The molecule has 1 aliphatic heterocycles. The van der Waals surface area contributed by atoms with Crippen LogP contribution in [0, 0.1) is 12.8 Å². The number of benzene rings is 1. The number of amides is 2. The molecule has 0 spiro atoms. The highest BCUT2D eigenvalue weighted by Gasteiger charge is 2.30. The van der Waals surface area contributed by atoms with Gasteiger partial charge in [-0.2, -0.15) is 5.10 Å². The van der Waals surface area contributed by atoms with Crippen LogP contribution in [0.5, 0.6) is 0 Å². The van der Waals surface area contributed by atoms with Gasteiger partial charge in [-0.25, -0.2) is 0 Å². The van der Waals surface area contributed by atoms with Crippen molar-refractivity contribution >= 4 is 33.4 Å². The van der Waals surface area contributed by atoms with Crippen LogP contribution in [0.15, 0.2) is 53.1 Å². The number of anilines is 1. The molecule has 3 aromatic rings. The monoisotopic (exact) mass is 467 g/mol. The summed E-state index contributed by atoms with van der Waals surface area (Å²) in [4.78, 5) is 31.7. The fraction of sp³-hybridized carbons (Fsp3) is 0.273. The molecule has 1 atom stereocenters. The van der Waals surface area contributed by atoms with E-state index < -0.39 is 0 Å². The van der Waals surface area contributed by atoms with Crippen molar-refractivity contribution in [1.82, 2.24) is 20.1 Å². The molecule has 4 rings (SSSR count). The van der Waals surface area contributed by atoms with Crippen molar-refractivity contribution in [2.45, 2.75) is 19.8 Å². The average Bonchev–Trinajstić information content (AvgIpc) is 3.26. The molecule has 2 amide bonds. The summed E-state index contributed by atoms with van der Waals surface area (Å²) in [6, 6.07) is 13.0. The third kappa shape index (κ3) is 4.43. The second-order valence-corrected chi connectivity index (χ2v) is 8.30. The van der Waals surface area contributed by atoms with Gasteiger partial charge in [0.05, 0.1) is 17.3 Å². The maximum Gasteiger partial charge on any atom is 0.271 e. The first-order valence-electron chi connectivity index (χ1n) is 9.84. The zero-order chi connectivity index (χ0) is 21.1. The van der Waals surface area contributed by atoms with Crippen molar-refractivity contribution in [3.05, 3.63) is 64.4 Å². The normalized spacial score (nSPS) is 16.3. The lowest BCUT2D eigenvalue weighted by atomic mass is 9.96. The molecular formula is C22H22BrN5O2. The van der Waals surface area contributed by atoms with Gasteiger partial charge >= 0.3 is 0 Å². The molecule has 3 heterocycles. The minimum absolute atomic E-state index is 0.0733. The van der Waals surface area contributed by atoms with E-state index in [4.69, 9.17) is 0 Å². The molecule has 1 aliphatic rings. The summed E-state index contributed by atoms with van der Waals surface area (Å²) in [6.07, 6.45) is 3.22. The predicted octanol–water partition coefficient (Wildman–Crippen LogP) is 4.03. The summed E-state index contributed by atoms with van der Waals surface area (Å²) in [5.41, 5.74) is 3.57. The van der Waals surface area contributed by atoms with E-state index in [1.165, 1.54) is 0 Å². The number of pyridine rings is 1. The number of nitrogens with one attached hydrogen (secondary N) is 2. The van der Waals surface area contributed by atoms with Crippen LogP contribution in [-0.2, 0) is 4.79 Å². The van der Waals surface area contributed by atoms with E-state index in [1.54, 1.807) is 17.2 Å². The summed E-state index contributed by atoms with van der Waals surface area (Å²) < 4.78 is 0.846. The number of carbonyl (C=O) groups is 2. The second-order valence-electron chi connectivity index (χ2n) is 7.44. The number of aromatic nitrogens is 3. The van der Waals surface area contributed by atoms with Crippen molar-refractivity contribution in [2.75, 3.05) is 18.4 Å². The van der Waals surface area contributed by atoms with Gasteiger partial charge in [0, 0.05) is 23.8 Å². The van der Waals surface area contributed by atoms with E-state index in [0.29, 0.717) is 30.2 Å². The fourth-order valence-electron chi connectivity index (χ4n) is 3.58. The molecular weight excluding hydrogens is 446 g/mol. The van der Waals surface area contributed by atoms with Gasteiger partial charge in [-0.05, 0) is 71.6 Å². The van der Waals surface area contributed by atoms with Crippen LogP contribution >= 0.6 is 15.9 Å². The van der Waals surface area contributed by atoms with E-state index in [-0.39, 0.29) is 17.7 Å². The number of aryl methyl sites for hydroxylation is 1. The zero-order valence-electron chi connectivity index (χ0n) is 16.6. The Kier molecular flexibility index (Phi) is 5.94. The number of aromatic amines is 1. The average molecular weight is 468 g/mol. The summed E-state index contributed by atoms with van der Waals surface area (Å²) in [6.45, 7) is 3.00. The van der Waals surface area contributed by atoms with Gasteiger partial charge in [0.1, 0.15) is 11.4 Å². The minimum Gasteiger partial charge on any atom is -0.337 e. The molecule has 1 saturated heterocycles. The SMILES string of the molecule is Cc1ccc(NC(=O)C2CCCN(C(=O)c3cc(-c4ccccn4)n[nH]3)C2)c(Br)c1. The maximum absolute atomic E-state index is 13.0. The van der Waals surface area contributed by atoms with E-state index in [0.717, 1.165) is 28.6 Å². The Labute approximate surface area is 183 Å². The maximum atomic E-state index is 13.0. The molecule has 0 radical (unpaired) electrons. The highest BCUT2D eigenvalue weighted by Crippen LogP contribution is 2.26. The van der Waals surface area contributed by atoms with Crippen molar-refractivity contribution in [3.8, 4) is 11.4 Å². The molecule has 30 heavy (non-hydrogen) atoms. The first kappa shape index (κ1) is 20.3. The van der Waals surface area contributed by atoms with Crippen LogP contribution in [0.2, 0.25) is 0 Å². The number of carbonyl (C=O) groups excluding carboxylic acids is 2. The summed E-state index contributed by atoms with van der Waals surface area (Å²) >= 11 is 3.49. The highest BCUT2D eigenvalue weighted by atomic mass is 79.9. The lowest BCUT2D eigenvalue weighted by Gasteiger charge is -2.31. The Morgan fingerprint density at radius 2 is 2.07 bits per heavy atom. The number of hydrogen-bond donors (Lipinski definition) is 2. The number of piperidine rings is 1. The number of rotatable bonds is 4. The lowest BCUT2D eigenvalue weighted by Crippen LogP contribution is -2.43. The van der Waals surface area contributed by atoms with Crippen LogP contribution in [0.3, 0.4) is 0 Å². The van der Waals surface area contributed by atoms with Crippen molar-refractivity contribution in [1.29, 1.82) is 0 Å². The van der Waals surface area contributed by atoms with Gasteiger partial charge in [0.25, 0.3) is 5.91 Å². The predicted molar refractivity (Wildman–Crippen MR) is 118 cm³/mol. The van der Waals surface area contributed by atoms with Gasteiger partial charge in [0.2, 0.25) is 5.91 Å². The molecule has 1 unspecified atom stereocenters. The van der Waals surface area contributed by atoms with Crippen molar-refractivity contribution in [3.63, 3.8) is 0 Å². The smallest absolute Gasteiger partial charge is 0.271 e. The molecule has 0 saturated carbocycles. The second kappa shape index (κ2) is 8.79. The standard InChI is InChI=1S/C22H22BrN5O2/c1-14-7-8-17(16(23)11-14)25-21(29)15-5-4-10-28(13-15)22(30)20-12-19(26-27-20)18-6-2-3-9-24-18/h2-3,6-9,11-12,15H,4-5,10,13H2,1H3,(H,25,29)(H,26,27). The Morgan fingerprint density at radius 1 is 1.20 bits per heavy atom. The minimum atomic E-state index is -0.255. The largest absolute Gasteiger partial charge is 0.337 e. The lowest BCUT2D eigenvalue weighted by molar-refractivity contribution is -0.121. The number of H-pyrrole nitrogens is 1. The van der Waals surface area contributed by atoms with Crippen LogP contribution in [-0.4, -0.2) is 45.0 Å². The first-order valence-corrected chi connectivity index (χ1v) is 10.6. The van der Waals surface area contributed by atoms with E-state index in [2.05, 4.69) is 36.4 Å². The Bertz CT molecular complexity index is 1070. The van der Waals surface area contributed by atoms with Crippen molar-refractivity contribution < 1.29 is 9.59 Å². The number of likely N-dealkylation sites (tertiary alicyclic amines) is 1. The zero-order valence-corrected chi connectivity index (χ0v) is 18.1. The van der Waals surface area contributed by atoms with Gasteiger partial charge < -0.3 is 10.2 Å².